The Labute approximate surface area is 164 Å². The highest BCUT2D eigenvalue weighted by molar-refractivity contribution is 5.87. The molecule has 28 heavy (non-hydrogen) atoms. The average molecular weight is 384 g/mol. The van der Waals surface area contributed by atoms with E-state index < -0.39 is 11.9 Å². The fraction of sp³-hybridized carbons (Fsp3) is 0.182. The zero-order chi connectivity index (χ0) is 20.6. The lowest BCUT2D eigenvalue weighted by Gasteiger charge is -2.09. The minimum atomic E-state index is -0.981. The zero-order valence-corrected chi connectivity index (χ0v) is 15.6. The van der Waals surface area contributed by atoms with Crippen LogP contribution < -0.4 is 9.47 Å². The summed E-state index contributed by atoms with van der Waals surface area (Å²) in [4.78, 5) is 21.0. The molecule has 6 heteroatoms. The molecule has 148 valence electrons. The molecule has 0 aromatic heterocycles. The van der Waals surface area contributed by atoms with Crippen LogP contribution in [-0.4, -0.2) is 36.9 Å². The van der Waals surface area contributed by atoms with Gasteiger partial charge in [-0.3, -0.25) is 0 Å². The van der Waals surface area contributed by atoms with Gasteiger partial charge >= 0.3 is 11.9 Å². The Morgan fingerprint density at radius 3 is 1.79 bits per heavy atom. The Morgan fingerprint density at radius 1 is 0.857 bits per heavy atom. The number of para-hydroxylation sites is 2. The van der Waals surface area contributed by atoms with Gasteiger partial charge in [-0.25, -0.2) is 9.59 Å². The molecule has 1 N–H and O–H groups in total. The van der Waals surface area contributed by atoms with E-state index in [4.69, 9.17) is 19.3 Å². The number of aliphatic carboxylic acids is 1. The summed E-state index contributed by atoms with van der Waals surface area (Å²) in [7, 11) is 0. The Bertz CT molecular complexity index is 740. The van der Waals surface area contributed by atoms with Crippen molar-refractivity contribution in [2.45, 2.75) is 6.42 Å². The van der Waals surface area contributed by atoms with E-state index in [9.17, 15) is 9.59 Å². The molecular weight excluding hydrogens is 360 g/mol. The molecule has 0 unspecified atom stereocenters. The average Bonchev–Trinajstić information content (AvgIpc) is 2.73. The number of carbonyl (C=O) groups is 2. The molecule has 2 rings (SSSR count). The van der Waals surface area contributed by atoms with E-state index in [0.717, 1.165) is 17.6 Å². The summed E-state index contributed by atoms with van der Waals surface area (Å²) in [5, 5.41) is 7.60. The first-order chi connectivity index (χ1) is 13.5. The van der Waals surface area contributed by atoms with Crippen molar-refractivity contribution in [3.05, 3.63) is 85.5 Å². The van der Waals surface area contributed by atoms with Crippen LogP contribution in [0.3, 0.4) is 0 Å². The standard InChI is InChI=1S/C19H20O4.C3H4O2/c1-16(12-13-21-17-8-4-2-5-9-17)19(20)23-15-14-22-18-10-6-3-7-11-18;1-2-3(4)5/h2-11H,1,12-15H2;2H,1H2,(H,4,5). The molecule has 2 aromatic rings. The smallest absolute Gasteiger partial charge is 0.333 e. The summed E-state index contributed by atoms with van der Waals surface area (Å²) in [5.74, 6) is 0.117. The lowest BCUT2D eigenvalue weighted by Crippen LogP contribution is -2.14. The maximum atomic E-state index is 11.8. The lowest BCUT2D eigenvalue weighted by molar-refractivity contribution is -0.140. The fourth-order valence-electron chi connectivity index (χ4n) is 1.82. The third-order valence-electron chi connectivity index (χ3n) is 3.21. The van der Waals surface area contributed by atoms with E-state index in [1.54, 1.807) is 0 Å². The Kier molecular flexibility index (Phi) is 11.0. The summed E-state index contributed by atoms with van der Waals surface area (Å²) in [6.45, 7) is 7.57. The molecular formula is C22H24O6. The second kappa shape index (κ2) is 13.6. The van der Waals surface area contributed by atoms with Crippen LogP contribution in [0.15, 0.2) is 85.5 Å². The maximum absolute atomic E-state index is 11.8. The number of hydrogen-bond acceptors (Lipinski definition) is 5. The number of hydrogen-bond donors (Lipinski definition) is 1. The molecule has 6 nitrogen and oxygen atoms in total. The highest BCUT2D eigenvalue weighted by Crippen LogP contribution is 2.11. The molecule has 0 spiro atoms. The van der Waals surface area contributed by atoms with Crippen molar-refractivity contribution in [2.24, 2.45) is 0 Å². The van der Waals surface area contributed by atoms with E-state index in [1.807, 2.05) is 60.7 Å². The molecule has 0 radical (unpaired) electrons. The van der Waals surface area contributed by atoms with Crippen LogP contribution in [0.2, 0.25) is 0 Å². The summed E-state index contributed by atoms with van der Waals surface area (Å²) in [6, 6.07) is 18.8. The van der Waals surface area contributed by atoms with Gasteiger partial charge in [0.1, 0.15) is 24.7 Å². The van der Waals surface area contributed by atoms with Gasteiger partial charge in [0.05, 0.1) is 6.61 Å². The number of carboxylic acid groups (broad SMARTS) is 1. The van der Waals surface area contributed by atoms with E-state index in [1.165, 1.54) is 0 Å². The SMILES string of the molecule is C=C(CCOc1ccccc1)C(=O)OCCOc1ccccc1.C=CC(=O)O. The van der Waals surface area contributed by atoms with Crippen molar-refractivity contribution in [1.82, 2.24) is 0 Å². The van der Waals surface area contributed by atoms with Gasteiger partial charge < -0.3 is 19.3 Å². The van der Waals surface area contributed by atoms with E-state index in [2.05, 4.69) is 13.2 Å². The molecule has 2 aromatic carbocycles. The Hall–Kier alpha value is -3.54. The van der Waals surface area contributed by atoms with Crippen LogP contribution in [0.5, 0.6) is 11.5 Å². The van der Waals surface area contributed by atoms with Crippen LogP contribution in [0, 0.1) is 0 Å². The van der Waals surface area contributed by atoms with E-state index >= 15 is 0 Å². The van der Waals surface area contributed by atoms with Gasteiger partial charge in [0.15, 0.2) is 0 Å². The largest absolute Gasteiger partial charge is 0.493 e. The fourth-order valence-corrected chi connectivity index (χ4v) is 1.82. The summed E-state index contributed by atoms with van der Waals surface area (Å²) in [5.41, 5.74) is 0.389. The number of carbonyl (C=O) groups excluding carboxylic acids is 1. The van der Waals surface area contributed by atoms with Crippen molar-refractivity contribution >= 4 is 11.9 Å². The van der Waals surface area contributed by atoms with Crippen molar-refractivity contribution in [2.75, 3.05) is 19.8 Å². The molecule has 0 aliphatic heterocycles. The molecule has 0 aliphatic carbocycles. The molecule has 0 aliphatic rings. The lowest BCUT2D eigenvalue weighted by atomic mass is 10.2. The molecule has 0 heterocycles. The monoisotopic (exact) mass is 384 g/mol. The Balaban J connectivity index is 0.000000696. The maximum Gasteiger partial charge on any atom is 0.333 e. The minimum Gasteiger partial charge on any atom is -0.493 e. The number of benzene rings is 2. The number of rotatable bonds is 10. The van der Waals surface area contributed by atoms with Crippen molar-refractivity contribution in [1.29, 1.82) is 0 Å². The first-order valence-electron chi connectivity index (χ1n) is 8.59. The van der Waals surface area contributed by atoms with E-state index in [-0.39, 0.29) is 6.61 Å². The van der Waals surface area contributed by atoms with Crippen molar-refractivity contribution < 1.29 is 28.9 Å². The second-order valence-electron chi connectivity index (χ2n) is 5.35. The zero-order valence-electron chi connectivity index (χ0n) is 15.6. The topological polar surface area (TPSA) is 82.1 Å². The third-order valence-corrected chi connectivity index (χ3v) is 3.21. The first kappa shape index (κ1) is 22.5. The van der Waals surface area contributed by atoms with E-state index in [0.29, 0.717) is 25.2 Å². The Morgan fingerprint density at radius 2 is 1.32 bits per heavy atom. The van der Waals surface area contributed by atoms with Crippen LogP contribution >= 0.6 is 0 Å². The van der Waals surface area contributed by atoms with Crippen LogP contribution in [0.1, 0.15) is 6.42 Å². The molecule has 0 saturated heterocycles. The number of ether oxygens (including phenoxy) is 3. The summed E-state index contributed by atoms with van der Waals surface area (Å²) < 4.78 is 16.1. The van der Waals surface area contributed by atoms with Crippen molar-refractivity contribution in [3.63, 3.8) is 0 Å². The van der Waals surface area contributed by atoms with Gasteiger partial charge in [-0.15, -0.1) is 0 Å². The van der Waals surface area contributed by atoms with Crippen LogP contribution in [-0.2, 0) is 14.3 Å². The number of esters is 1. The van der Waals surface area contributed by atoms with Crippen LogP contribution in [0.4, 0.5) is 0 Å². The molecule has 0 fully saturated rings. The second-order valence-corrected chi connectivity index (χ2v) is 5.35. The summed E-state index contributed by atoms with van der Waals surface area (Å²) >= 11 is 0. The van der Waals surface area contributed by atoms with Gasteiger partial charge in [-0.05, 0) is 24.3 Å². The number of carboxylic acids is 1. The predicted octanol–water partition coefficient (Wildman–Crippen LogP) is 3.89. The third kappa shape index (κ3) is 10.5. The van der Waals surface area contributed by atoms with Gasteiger partial charge in [-0.1, -0.05) is 49.6 Å². The normalized spacial score (nSPS) is 9.29. The molecule has 0 atom stereocenters. The molecule has 0 bridgehead atoms. The summed E-state index contributed by atoms with van der Waals surface area (Å²) in [6.07, 6.45) is 1.26. The highest BCUT2D eigenvalue weighted by Gasteiger charge is 2.08. The van der Waals surface area contributed by atoms with Gasteiger partial charge in [0.2, 0.25) is 0 Å². The van der Waals surface area contributed by atoms with Gasteiger partial charge in [0.25, 0.3) is 0 Å². The highest BCUT2D eigenvalue weighted by atomic mass is 16.6. The molecule has 0 saturated carbocycles. The van der Waals surface area contributed by atoms with Gasteiger partial charge in [0, 0.05) is 18.1 Å². The predicted molar refractivity (Wildman–Crippen MR) is 106 cm³/mol. The van der Waals surface area contributed by atoms with Crippen LogP contribution in [0.25, 0.3) is 0 Å². The minimum absolute atomic E-state index is 0.187. The quantitative estimate of drug-likeness (QED) is 0.380. The first-order valence-corrected chi connectivity index (χ1v) is 8.59. The van der Waals surface area contributed by atoms with Crippen molar-refractivity contribution in [3.8, 4) is 11.5 Å². The van der Waals surface area contributed by atoms with Gasteiger partial charge in [-0.2, -0.15) is 0 Å². The molecule has 0 amide bonds.